The van der Waals surface area contributed by atoms with Crippen molar-refractivity contribution in [3.05, 3.63) is 29.8 Å². The molecule has 2 atom stereocenters. The maximum atomic E-state index is 6.24. The highest BCUT2D eigenvalue weighted by Gasteiger charge is 2.32. The molecule has 2 rings (SSSR count). The van der Waals surface area contributed by atoms with Gasteiger partial charge >= 0.3 is 0 Å². The molecule has 0 aromatic heterocycles. The zero-order valence-electron chi connectivity index (χ0n) is 11.1. The Labute approximate surface area is 109 Å². The van der Waals surface area contributed by atoms with Gasteiger partial charge in [-0.15, -0.1) is 0 Å². The zero-order chi connectivity index (χ0) is 13.0. The van der Waals surface area contributed by atoms with Crippen LogP contribution in [0, 0.1) is 0 Å². The molecule has 100 valence electrons. The molecule has 0 aliphatic carbocycles. The zero-order valence-corrected chi connectivity index (χ0v) is 11.1. The van der Waals surface area contributed by atoms with E-state index in [4.69, 9.17) is 15.2 Å². The summed E-state index contributed by atoms with van der Waals surface area (Å²) in [6.45, 7) is 2.70. The quantitative estimate of drug-likeness (QED) is 0.858. The average molecular weight is 250 g/mol. The van der Waals surface area contributed by atoms with E-state index in [1.54, 1.807) is 14.2 Å². The normalized spacial score (nSPS) is 24.4. The lowest BCUT2D eigenvalue weighted by atomic mass is 10.0. The van der Waals surface area contributed by atoms with Gasteiger partial charge in [-0.3, -0.25) is 4.90 Å². The SMILES string of the molecule is COCCN1CCC(N)C1c1cccc(OC)c1. The highest BCUT2D eigenvalue weighted by molar-refractivity contribution is 5.32. The van der Waals surface area contributed by atoms with E-state index in [2.05, 4.69) is 17.0 Å². The molecule has 1 aliphatic rings. The summed E-state index contributed by atoms with van der Waals surface area (Å²) in [5, 5.41) is 0. The van der Waals surface area contributed by atoms with Gasteiger partial charge in [-0.25, -0.2) is 0 Å². The summed E-state index contributed by atoms with van der Waals surface area (Å²) in [5.41, 5.74) is 7.47. The summed E-state index contributed by atoms with van der Waals surface area (Å²) in [7, 11) is 3.42. The molecule has 4 heteroatoms. The Kier molecular flexibility index (Phi) is 4.58. The van der Waals surface area contributed by atoms with Crippen molar-refractivity contribution < 1.29 is 9.47 Å². The minimum absolute atomic E-state index is 0.189. The molecule has 0 saturated carbocycles. The summed E-state index contributed by atoms with van der Waals surface area (Å²) < 4.78 is 10.4. The predicted octanol–water partition coefficient (Wildman–Crippen LogP) is 1.42. The third kappa shape index (κ3) is 2.83. The molecule has 2 unspecified atom stereocenters. The lowest BCUT2D eigenvalue weighted by Gasteiger charge is -2.27. The smallest absolute Gasteiger partial charge is 0.119 e. The first-order valence-electron chi connectivity index (χ1n) is 6.38. The second-order valence-electron chi connectivity index (χ2n) is 4.70. The molecule has 0 bridgehead atoms. The van der Waals surface area contributed by atoms with E-state index in [0.29, 0.717) is 0 Å². The number of nitrogens with zero attached hydrogens (tertiary/aromatic N) is 1. The lowest BCUT2D eigenvalue weighted by molar-refractivity contribution is 0.139. The first-order valence-corrected chi connectivity index (χ1v) is 6.38. The van der Waals surface area contributed by atoms with Crippen molar-refractivity contribution in [3.63, 3.8) is 0 Å². The number of hydrogen-bond acceptors (Lipinski definition) is 4. The van der Waals surface area contributed by atoms with Crippen molar-refractivity contribution in [1.29, 1.82) is 0 Å². The van der Waals surface area contributed by atoms with E-state index < -0.39 is 0 Å². The molecule has 1 heterocycles. The van der Waals surface area contributed by atoms with Crippen LogP contribution in [0.5, 0.6) is 5.75 Å². The minimum Gasteiger partial charge on any atom is -0.497 e. The largest absolute Gasteiger partial charge is 0.497 e. The summed E-state index contributed by atoms with van der Waals surface area (Å²) in [5.74, 6) is 0.887. The summed E-state index contributed by atoms with van der Waals surface area (Å²) >= 11 is 0. The molecular weight excluding hydrogens is 228 g/mol. The minimum atomic E-state index is 0.189. The summed E-state index contributed by atoms with van der Waals surface area (Å²) in [6.07, 6.45) is 1.03. The van der Waals surface area contributed by atoms with Gasteiger partial charge in [0.1, 0.15) is 5.75 Å². The maximum absolute atomic E-state index is 6.24. The molecule has 1 aromatic rings. The van der Waals surface area contributed by atoms with E-state index >= 15 is 0 Å². The van der Waals surface area contributed by atoms with Crippen molar-refractivity contribution in [1.82, 2.24) is 4.90 Å². The Morgan fingerprint density at radius 3 is 2.94 bits per heavy atom. The molecule has 1 aliphatic heterocycles. The number of rotatable bonds is 5. The number of methoxy groups -OCH3 is 2. The van der Waals surface area contributed by atoms with Crippen LogP contribution >= 0.6 is 0 Å². The van der Waals surface area contributed by atoms with Crippen LogP contribution in [0.4, 0.5) is 0 Å². The number of nitrogens with two attached hydrogens (primary N) is 1. The van der Waals surface area contributed by atoms with E-state index in [9.17, 15) is 0 Å². The molecule has 0 spiro atoms. The van der Waals surface area contributed by atoms with Crippen LogP contribution in [0.3, 0.4) is 0 Å². The number of likely N-dealkylation sites (tertiary alicyclic amines) is 1. The van der Waals surface area contributed by atoms with Crippen LogP contribution < -0.4 is 10.5 Å². The summed E-state index contributed by atoms with van der Waals surface area (Å²) in [6, 6.07) is 8.65. The second kappa shape index (κ2) is 6.18. The Balaban J connectivity index is 2.16. The Morgan fingerprint density at radius 1 is 1.39 bits per heavy atom. The van der Waals surface area contributed by atoms with Gasteiger partial charge < -0.3 is 15.2 Å². The van der Waals surface area contributed by atoms with Gasteiger partial charge in [-0.2, -0.15) is 0 Å². The number of hydrogen-bond donors (Lipinski definition) is 1. The first-order chi connectivity index (χ1) is 8.76. The van der Waals surface area contributed by atoms with Crippen molar-refractivity contribution in [2.75, 3.05) is 33.9 Å². The van der Waals surface area contributed by atoms with Crippen LogP contribution in [0.2, 0.25) is 0 Å². The van der Waals surface area contributed by atoms with Gasteiger partial charge in [0.2, 0.25) is 0 Å². The number of ether oxygens (including phenoxy) is 2. The van der Waals surface area contributed by atoms with E-state index in [-0.39, 0.29) is 12.1 Å². The molecule has 0 radical (unpaired) electrons. The van der Waals surface area contributed by atoms with Crippen molar-refractivity contribution in [2.45, 2.75) is 18.5 Å². The fourth-order valence-corrected chi connectivity index (χ4v) is 2.63. The molecule has 1 fully saturated rings. The van der Waals surface area contributed by atoms with Crippen molar-refractivity contribution in [2.24, 2.45) is 5.73 Å². The Bertz CT molecular complexity index is 384. The van der Waals surface area contributed by atoms with E-state index in [1.807, 2.05) is 12.1 Å². The van der Waals surface area contributed by atoms with Gasteiger partial charge in [0.05, 0.1) is 19.8 Å². The fraction of sp³-hybridized carbons (Fsp3) is 0.571. The molecular formula is C14H22N2O2. The van der Waals surface area contributed by atoms with Gasteiger partial charge in [0, 0.05) is 26.2 Å². The Morgan fingerprint density at radius 2 is 2.22 bits per heavy atom. The van der Waals surface area contributed by atoms with Gasteiger partial charge in [-0.05, 0) is 24.1 Å². The number of benzene rings is 1. The third-order valence-electron chi connectivity index (χ3n) is 3.57. The van der Waals surface area contributed by atoms with Crippen molar-refractivity contribution >= 4 is 0 Å². The van der Waals surface area contributed by atoms with Gasteiger partial charge in [0.25, 0.3) is 0 Å². The van der Waals surface area contributed by atoms with E-state index in [0.717, 1.165) is 31.9 Å². The monoisotopic (exact) mass is 250 g/mol. The van der Waals surface area contributed by atoms with Crippen LogP contribution in [-0.2, 0) is 4.74 Å². The molecule has 0 amide bonds. The van der Waals surface area contributed by atoms with E-state index in [1.165, 1.54) is 5.56 Å². The highest BCUT2D eigenvalue weighted by atomic mass is 16.5. The first kappa shape index (κ1) is 13.3. The molecule has 4 nitrogen and oxygen atoms in total. The topological polar surface area (TPSA) is 47.7 Å². The lowest BCUT2D eigenvalue weighted by Crippen LogP contribution is -2.33. The van der Waals surface area contributed by atoms with Gasteiger partial charge in [0.15, 0.2) is 0 Å². The van der Waals surface area contributed by atoms with Crippen LogP contribution in [0.1, 0.15) is 18.0 Å². The Hall–Kier alpha value is -1.10. The van der Waals surface area contributed by atoms with Crippen LogP contribution in [0.15, 0.2) is 24.3 Å². The average Bonchev–Trinajstić information content (AvgIpc) is 2.77. The van der Waals surface area contributed by atoms with Crippen LogP contribution in [0.25, 0.3) is 0 Å². The summed E-state index contributed by atoms with van der Waals surface area (Å²) in [4.78, 5) is 2.39. The second-order valence-corrected chi connectivity index (χ2v) is 4.70. The molecule has 1 aromatic carbocycles. The van der Waals surface area contributed by atoms with Crippen molar-refractivity contribution in [3.8, 4) is 5.75 Å². The van der Waals surface area contributed by atoms with Gasteiger partial charge in [-0.1, -0.05) is 12.1 Å². The predicted molar refractivity (Wildman–Crippen MR) is 71.8 cm³/mol. The highest BCUT2D eigenvalue weighted by Crippen LogP contribution is 2.32. The third-order valence-corrected chi connectivity index (χ3v) is 3.57. The van der Waals surface area contributed by atoms with Crippen LogP contribution in [-0.4, -0.2) is 44.9 Å². The molecule has 2 N–H and O–H groups in total. The maximum Gasteiger partial charge on any atom is 0.119 e. The standard InChI is InChI=1S/C14H22N2O2/c1-17-9-8-16-7-6-13(15)14(16)11-4-3-5-12(10-11)18-2/h3-5,10,13-14H,6-9,15H2,1-2H3. The molecule has 1 saturated heterocycles. The fourth-order valence-electron chi connectivity index (χ4n) is 2.63. The molecule has 18 heavy (non-hydrogen) atoms.